The van der Waals surface area contributed by atoms with Crippen LogP contribution in [0.3, 0.4) is 0 Å². The van der Waals surface area contributed by atoms with E-state index in [9.17, 15) is 14.9 Å². The summed E-state index contributed by atoms with van der Waals surface area (Å²) >= 11 is 1.39. The standard InChI is InChI=1S/C17H13N3O4S/c1-24-17(21)16-15(25-14-5-3-2-4-6-14)11-19(18-16)12-7-9-13(10-8-12)20(22)23/h2-11H,1H3. The predicted molar refractivity (Wildman–Crippen MR) is 92.1 cm³/mol. The van der Waals surface area contributed by atoms with E-state index < -0.39 is 10.9 Å². The Hall–Kier alpha value is -3.13. The second kappa shape index (κ2) is 7.18. The number of methoxy groups -OCH3 is 1. The maximum Gasteiger partial charge on any atom is 0.359 e. The SMILES string of the molecule is COC(=O)c1nn(-c2ccc([N+](=O)[O-])cc2)cc1Sc1ccccc1. The van der Waals surface area contributed by atoms with Crippen LogP contribution >= 0.6 is 11.8 Å². The molecular weight excluding hydrogens is 342 g/mol. The number of hydrogen-bond acceptors (Lipinski definition) is 6. The second-order valence-electron chi connectivity index (χ2n) is 4.97. The highest BCUT2D eigenvalue weighted by Crippen LogP contribution is 2.31. The molecule has 0 bridgehead atoms. The molecule has 8 heteroatoms. The average molecular weight is 355 g/mol. The normalized spacial score (nSPS) is 10.4. The van der Waals surface area contributed by atoms with Crippen molar-refractivity contribution in [2.45, 2.75) is 9.79 Å². The Labute approximate surface area is 147 Å². The number of nitro benzene ring substituents is 1. The first kappa shape index (κ1) is 16.7. The monoisotopic (exact) mass is 355 g/mol. The highest BCUT2D eigenvalue weighted by molar-refractivity contribution is 7.99. The van der Waals surface area contributed by atoms with Crippen LogP contribution in [0.2, 0.25) is 0 Å². The average Bonchev–Trinajstić information content (AvgIpc) is 3.05. The van der Waals surface area contributed by atoms with Gasteiger partial charge in [0, 0.05) is 23.2 Å². The molecule has 1 heterocycles. The smallest absolute Gasteiger partial charge is 0.359 e. The van der Waals surface area contributed by atoms with Gasteiger partial charge in [-0.3, -0.25) is 10.1 Å². The van der Waals surface area contributed by atoms with Crippen molar-refractivity contribution < 1.29 is 14.5 Å². The van der Waals surface area contributed by atoms with Gasteiger partial charge in [-0.2, -0.15) is 5.10 Å². The lowest BCUT2D eigenvalue weighted by Crippen LogP contribution is -2.05. The van der Waals surface area contributed by atoms with E-state index in [1.54, 1.807) is 18.3 Å². The molecular formula is C17H13N3O4S. The summed E-state index contributed by atoms with van der Waals surface area (Å²) in [7, 11) is 1.30. The van der Waals surface area contributed by atoms with Crippen molar-refractivity contribution in [1.29, 1.82) is 0 Å². The lowest BCUT2D eigenvalue weighted by molar-refractivity contribution is -0.384. The number of carbonyl (C=O) groups excluding carboxylic acids is 1. The molecule has 0 saturated heterocycles. The number of ether oxygens (including phenoxy) is 1. The molecule has 25 heavy (non-hydrogen) atoms. The van der Waals surface area contributed by atoms with Crippen molar-refractivity contribution in [2.75, 3.05) is 7.11 Å². The van der Waals surface area contributed by atoms with Crippen molar-refractivity contribution in [2.24, 2.45) is 0 Å². The Morgan fingerprint density at radius 3 is 2.44 bits per heavy atom. The van der Waals surface area contributed by atoms with Crippen LogP contribution in [0.5, 0.6) is 0 Å². The van der Waals surface area contributed by atoms with Crippen molar-refractivity contribution in [3.05, 3.63) is 76.6 Å². The van der Waals surface area contributed by atoms with E-state index in [4.69, 9.17) is 4.74 Å². The van der Waals surface area contributed by atoms with Crippen LogP contribution in [0.4, 0.5) is 5.69 Å². The predicted octanol–water partition coefficient (Wildman–Crippen LogP) is 3.72. The number of nitrogens with zero attached hydrogens (tertiary/aromatic N) is 3. The fourth-order valence-corrected chi connectivity index (χ4v) is 3.07. The summed E-state index contributed by atoms with van der Waals surface area (Å²) in [5.74, 6) is -0.543. The molecule has 3 aromatic rings. The number of rotatable bonds is 5. The summed E-state index contributed by atoms with van der Waals surface area (Å²) < 4.78 is 6.30. The van der Waals surface area contributed by atoms with Crippen LogP contribution < -0.4 is 0 Å². The molecule has 1 aromatic heterocycles. The van der Waals surface area contributed by atoms with Gasteiger partial charge in [0.05, 0.1) is 22.6 Å². The van der Waals surface area contributed by atoms with Gasteiger partial charge in [-0.25, -0.2) is 9.48 Å². The van der Waals surface area contributed by atoms with E-state index >= 15 is 0 Å². The van der Waals surface area contributed by atoms with Gasteiger partial charge >= 0.3 is 5.97 Å². The molecule has 0 fully saturated rings. The van der Waals surface area contributed by atoms with Gasteiger partial charge in [0.25, 0.3) is 5.69 Å². The lowest BCUT2D eigenvalue weighted by atomic mass is 10.3. The Morgan fingerprint density at radius 1 is 1.16 bits per heavy atom. The summed E-state index contributed by atoms with van der Waals surface area (Å²) in [5.41, 5.74) is 0.786. The molecule has 0 saturated carbocycles. The Morgan fingerprint density at radius 2 is 1.84 bits per heavy atom. The van der Waals surface area contributed by atoms with Crippen molar-refractivity contribution in [3.63, 3.8) is 0 Å². The molecule has 0 N–H and O–H groups in total. The molecule has 2 aromatic carbocycles. The Kier molecular flexibility index (Phi) is 4.80. The summed E-state index contributed by atoms with van der Waals surface area (Å²) in [5, 5.41) is 15.0. The number of esters is 1. The molecule has 3 rings (SSSR count). The number of non-ortho nitro benzene ring substituents is 1. The van der Waals surface area contributed by atoms with Crippen LogP contribution in [0, 0.1) is 10.1 Å². The molecule has 0 unspecified atom stereocenters. The third-order valence-corrected chi connectivity index (χ3v) is 4.38. The quantitative estimate of drug-likeness (QED) is 0.394. The van der Waals surface area contributed by atoms with Crippen LogP contribution in [-0.2, 0) is 4.74 Å². The first-order valence-electron chi connectivity index (χ1n) is 7.24. The third-order valence-electron chi connectivity index (χ3n) is 3.36. The van der Waals surface area contributed by atoms with Gasteiger partial charge in [-0.05, 0) is 24.3 Å². The zero-order chi connectivity index (χ0) is 17.8. The van der Waals surface area contributed by atoms with Crippen molar-refractivity contribution in [3.8, 4) is 5.69 Å². The summed E-state index contributed by atoms with van der Waals surface area (Å²) in [6.07, 6.45) is 1.70. The molecule has 126 valence electrons. The topological polar surface area (TPSA) is 87.3 Å². The van der Waals surface area contributed by atoms with E-state index in [-0.39, 0.29) is 11.4 Å². The van der Waals surface area contributed by atoms with Crippen LogP contribution in [0.1, 0.15) is 10.5 Å². The summed E-state index contributed by atoms with van der Waals surface area (Å²) in [6.45, 7) is 0. The van der Waals surface area contributed by atoms with Gasteiger partial charge in [0.2, 0.25) is 0 Å². The van der Waals surface area contributed by atoms with Crippen LogP contribution in [0.15, 0.2) is 70.6 Å². The Balaban J connectivity index is 1.98. The van der Waals surface area contributed by atoms with Crippen LogP contribution in [-0.4, -0.2) is 27.8 Å². The van der Waals surface area contributed by atoms with Gasteiger partial charge in [0.1, 0.15) is 0 Å². The van der Waals surface area contributed by atoms with Gasteiger partial charge in [-0.15, -0.1) is 0 Å². The third kappa shape index (κ3) is 3.69. The maximum absolute atomic E-state index is 12.0. The Bertz CT molecular complexity index is 907. The van der Waals surface area contributed by atoms with Gasteiger partial charge in [-0.1, -0.05) is 30.0 Å². The zero-order valence-corrected chi connectivity index (χ0v) is 14.0. The molecule has 0 radical (unpaired) electrons. The number of hydrogen-bond donors (Lipinski definition) is 0. The van der Waals surface area contributed by atoms with E-state index in [1.165, 1.54) is 35.7 Å². The van der Waals surface area contributed by atoms with Gasteiger partial charge in [0.15, 0.2) is 5.69 Å². The minimum atomic E-state index is -0.543. The largest absolute Gasteiger partial charge is 0.464 e. The fraction of sp³-hybridized carbons (Fsp3) is 0.0588. The number of benzene rings is 2. The highest BCUT2D eigenvalue weighted by Gasteiger charge is 2.19. The molecule has 0 amide bonds. The minimum Gasteiger partial charge on any atom is -0.464 e. The number of aromatic nitrogens is 2. The van der Waals surface area contributed by atoms with Crippen LogP contribution in [0.25, 0.3) is 5.69 Å². The van der Waals surface area contributed by atoms with Gasteiger partial charge < -0.3 is 4.74 Å². The number of nitro groups is 1. The molecule has 0 aliphatic carbocycles. The molecule has 0 aliphatic heterocycles. The molecule has 7 nitrogen and oxygen atoms in total. The zero-order valence-electron chi connectivity index (χ0n) is 13.2. The first-order chi connectivity index (χ1) is 12.1. The minimum absolute atomic E-state index is 0.0111. The van der Waals surface area contributed by atoms with Crippen molar-refractivity contribution in [1.82, 2.24) is 9.78 Å². The van der Waals surface area contributed by atoms with E-state index in [1.807, 2.05) is 30.3 Å². The molecule has 0 atom stereocenters. The first-order valence-corrected chi connectivity index (χ1v) is 8.06. The fourth-order valence-electron chi connectivity index (χ4n) is 2.15. The lowest BCUT2D eigenvalue weighted by Gasteiger charge is -2.00. The number of carbonyl (C=O) groups is 1. The molecule has 0 spiro atoms. The highest BCUT2D eigenvalue weighted by atomic mass is 32.2. The maximum atomic E-state index is 12.0. The van der Waals surface area contributed by atoms with E-state index in [0.29, 0.717) is 10.6 Å². The van der Waals surface area contributed by atoms with E-state index in [0.717, 1.165) is 4.90 Å². The molecule has 0 aliphatic rings. The summed E-state index contributed by atoms with van der Waals surface area (Å²) in [6, 6.07) is 15.5. The summed E-state index contributed by atoms with van der Waals surface area (Å²) in [4.78, 5) is 23.9. The van der Waals surface area contributed by atoms with E-state index in [2.05, 4.69) is 5.10 Å². The second-order valence-corrected chi connectivity index (χ2v) is 6.08. The van der Waals surface area contributed by atoms with Crippen molar-refractivity contribution >= 4 is 23.4 Å².